The van der Waals surface area contributed by atoms with Gasteiger partial charge < -0.3 is 10.2 Å². The van der Waals surface area contributed by atoms with Gasteiger partial charge in [-0.1, -0.05) is 18.2 Å². The quantitative estimate of drug-likeness (QED) is 0.855. The number of hydrogen-bond donors (Lipinski definition) is 1. The smallest absolute Gasteiger partial charge is 0.0522 e. The predicted molar refractivity (Wildman–Crippen MR) is 80.2 cm³/mol. The van der Waals surface area contributed by atoms with Gasteiger partial charge >= 0.3 is 0 Å². The number of anilines is 1. The van der Waals surface area contributed by atoms with Crippen molar-refractivity contribution in [1.29, 1.82) is 0 Å². The molecular weight excluding hydrogens is 240 g/mol. The summed E-state index contributed by atoms with van der Waals surface area (Å²) in [5, 5.41) is 5.31. The first kappa shape index (κ1) is 13.1. The molecule has 0 spiro atoms. The Balaban J connectivity index is 2.07. The first-order valence-corrected chi connectivity index (χ1v) is 7.22. The third kappa shape index (κ3) is 3.34. The maximum atomic E-state index is 3.17. The van der Waals surface area contributed by atoms with Gasteiger partial charge in [-0.05, 0) is 43.1 Å². The summed E-state index contributed by atoms with van der Waals surface area (Å²) in [6.45, 7) is 5.16. The van der Waals surface area contributed by atoms with Crippen molar-refractivity contribution in [2.45, 2.75) is 20.0 Å². The second-order valence-corrected chi connectivity index (χ2v) is 5.32. The molecule has 0 saturated carbocycles. The Hall–Kier alpha value is -1.32. The molecule has 2 nitrogen and oxygen atoms in total. The summed E-state index contributed by atoms with van der Waals surface area (Å²) in [5.41, 5.74) is 2.62. The maximum absolute atomic E-state index is 3.17. The third-order valence-corrected chi connectivity index (χ3v) is 3.85. The van der Waals surface area contributed by atoms with Crippen LogP contribution in [0.15, 0.2) is 41.8 Å². The van der Waals surface area contributed by atoms with E-state index >= 15 is 0 Å². The molecule has 0 bridgehead atoms. The minimum atomic E-state index is 0.928. The highest BCUT2D eigenvalue weighted by Gasteiger charge is 2.05. The number of thiophene rings is 1. The molecule has 3 heteroatoms. The number of rotatable bonds is 6. The number of hydrogen-bond acceptors (Lipinski definition) is 3. The molecule has 1 N–H and O–H groups in total. The van der Waals surface area contributed by atoms with Crippen LogP contribution in [0, 0.1) is 0 Å². The Morgan fingerprint density at radius 3 is 2.50 bits per heavy atom. The molecule has 96 valence electrons. The molecule has 0 saturated heterocycles. The van der Waals surface area contributed by atoms with E-state index in [1.165, 1.54) is 16.1 Å². The van der Waals surface area contributed by atoms with E-state index in [9.17, 15) is 0 Å². The maximum Gasteiger partial charge on any atom is 0.0522 e. The van der Waals surface area contributed by atoms with Crippen LogP contribution in [0.2, 0.25) is 0 Å². The number of benzene rings is 1. The molecule has 0 aliphatic carbocycles. The standard InChI is InChI=1S/C15H20N2S/c1-3-17(12-15-5-4-10-18-15)14-8-6-13(7-9-14)11-16-2/h4-10,16H,3,11-12H2,1-2H3. The van der Waals surface area contributed by atoms with E-state index in [1.54, 1.807) is 0 Å². The van der Waals surface area contributed by atoms with Crippen molar-refractivity contribution in [3.05, 3.63) is 52.2 Å². The van der Waals surface area contributed by atoms with Gasteiger partial charge in [0, 0.05) is 23.7 Å². The van der Waals surface area contributed by atoms with Gasteiger partial charge in [0.2, 0.25) is 0 Å². The van der Waals surface area contributed by atoms with Crippen molar-refractivity contribution in [3.63, 3.8) is 0 Å². The molecule has 1 aromatic carbocycles. The fourth-order valence-electron chi connectivity index (χ4n) is 2.01. The van der Waals surface area contributed by atoms with Gasteiger partial charge in [-0.2, -0.15) is 0 Å². The Bertz CT molecular complexity index is 448. The van der Waals surface area contributed by atoms with E-state index in [0.29, 0.717) is 0 Å². The van der Waals surface area contributed by atoms with Crippen LogP contribution in [0.5, 0.6) is 0 Å². The van der Waals surface area contributed by atoms with E-state index in [4.69, 9.17) is 0 Å². The Labute approximate surface area is 113 Å². The lowest BCUT2D eigenvalue weighted by Gasteiger charge is -2.22. The van der Waals surface area contributed by atoms with Crippen molar-refractivity contribution in [1.82, 2.24) is 5.32 Å². The van der Waals surface area contributed by atoms with Crippen LogP contribution in [-0.2, 0) is 13.1 Å². The van der Waals surface area contributed by atoms with Crippen molar-refractivity contribution in [3.8, 4) is 0 Å². The summed E-state index contributed by atoms with van der Waals surface area (Å²) in [6.07, 6.45) is 0. The van der Waals surface area contributed by atoms with Gasteiger partial charge in [0.05, 0.1) is 6.54 Å². The highest BCUT2D eigenvalue weighted by atomic mass is 32.1. The Kier molecular flexibility index (Phi) is 4.79. The third-order valence-electron chi connectivity index (χ3n) is 2.99. The van der Waals surface area contributed by atoms with Crippen LogP contribution in [0.3, 0.4) is 0 Å². The van der Waals surface area contributed by atoms with Crippen LogP contribution in [-0.4, -0.2) is 13.6 Å². The van der Waals surface area contributed by atoms with Crippen molar-refractivity contribution in [2.24, 2.45) is 0 Å². The highest BCUT2D eigenvalue weighted by molar-refractivity contribution is 7.09. The van der Waals surface area contributed by atoms with Gasteiger partial charge in [0.25, 0.3) is 0 Å². The predicted octanol–water partition coefficient (Wildman–Crippen LogP) is 3.49. The average Bonchev–Trinajstić information content (AvgIpc) is 2.90. The zero-order chi connectivity index (χ0) is 12.8. The fourth-order valence-corrected chi connectivity index (χ4v) is 2.72. The molecule has 0 amide bonds. The summed E-state index contributed by atoms with van der Waals surface area (Å²) in [5.74, 6) is 0. The number of nitrogens with one attached hydrogen (secondary N) is 1. The zero-order valence-electron chi connectivity index (χ0n) is 11.0. The van der Waals surface area contributed by atoms with Crippen molar-refractivity contribution < 1.29 is 0 Å². The largest absolute Gasteiger partial charge is 0.367 e. The van der Waals surface area contributed by atoms with Crippen LogP contribution in [0.4, 0.5) is 5.69 Å². The van der Waals surface area contributed by atoms with Gasteiger partial charge in [-0.15, -0.1) is 11.3 Å². The van der Waals surface area contributed by atoms with E-state index in [1.807, 2.05) is 18.4 Å². The molecule has 0 aliphatic heterocycles. The normalized spacial score (nSPS) is 10.6. The van der Waals surface area contributed by atoms with Crippen LogP contribution < -0.4 is 10.2 Å². The minimum absolute atomic E-state index is 0.928. The summed E-state index contributed by atoms with van der Waals surface area (Å²) in [4.78, 5) is 3.81. The average molecular weight is 260 g/mol. The van der Waals surface area contributed by atoms with E-state index < -0.39 is 0 Å². The minimum Gasteiger partial charge on any atom is -0.367 e. The topological polar surface area (TPSA) is 15.3 Å². The lowest BCUT2D eigenvalue weighted by Crippen LogP contribution is -2.21. The van der Waals surface area contributed by atoms with Crippen molar-refractivity contribution in [2.75, 3.05) is 18.5 Å². The Morgan fingerprint density at radius 2 is 1.94 bits per heavy atom. The van der Waals surface area contributed by atoms with E-state index in [2.05, 4.69) is 58.9 Å². The fraction of sp³-hybridized carbons (Fsp3) is 0.333. The van der Waals surface area contributed by atoms with Crippen LogP contribution in [0.1, 0.15) is 17.4 Å². The number of nitrogens with zero attached hydrogens (tertiary/aromatic N) is 1. The second kappa shape index (κ2) is 6.57. The van der Waals surface area contributed by atoms with Crippen molar-refractivity contribution >= 4 is 17.0 Å². The molecule has 0 fully saturated rings. The summed E-state index contributed by atoms with van der Waals surface area (Å²) in [7, 11) is 1.98. The van der Waals surface area contributed by atoms with Crippen LogP contribution in [0.25, 0.3) is 0 Å². The lowest BCUT2D eigenvalue weighted by atomic mass is 10.2. The molecule has 0 atom stereocenters. The molecule has 2 aromatic rings. The molecule has 0 aliphatic rings. The molecule has 2 rings (SSSR count). The first-order chi connectivity index (χ1) is 8.83. The summed E-state index contributed by atoms with van der Waals surface area (Å²) in [6, 6.07) is 13.1. The van der Waals surface area contributed by atoms with Gasteiger partial charge in [-0.25, -0.2) is 0 Å². The molecule has 1 heterocycles. The molecule has 1 aromatic heterocycles. The zero-order valence-corrected chi connectivity index (χ0v) is 11.8. The monoisotopic (exact) mass is 260 g/mol. The second-order valence-electron chi connectivity index (χ2n) is 4.29. The first-order valence-electron chi connectivity index (χ1n) is 6.34. The summed E-state index contributed by atoms with van der Waals surface area (Å²) < 4.78 is 0. The molecular formula is C15H20N2S. The highest BCUT2D eigenvalue weighted by Crippen LogP contribution is 2.20. The summed E-state index contributed by atoms with van der Waals surface area (Å²) >= 11 is 1.82. The van der Waals surface area contributed by atoms with Crippen LogP contribution >= 0.6 is 11.3 Å². The van der Waals surface area contributed by atoms with E-state index in [-0.39, 0.29) is 0 Å². The molecule has 0 radical (unpaired) electrons. The van der Waals surface area contributed by atoms with E-state index in [0.717, 1.165) is 19.6 Å². The lowest BCUT2D eigenvalue weighted by molar-refractivity contribution is 0.814. The Morgan fingerprint density at radius 1 is 1.17 bits per heavy atom. The SMILES string of the molecule is CCN(Cc1cccs1)c1ccc(CNC)cc1. The van der Waals surface area contributed by atoms with Gasteiger partial charge in [0.15, 0.2) is 0 Å². The van der Waals surface area contributed by atoms with Gasteiger partial charge in [0.1, 0.15) is 0 Å². The molecule has 0 unspecified atom stereocenters. The van der Waals surface area contributed by atoms with Gasteiger partial charge in [-0.3, -0.25) is 0 Å². The molecule has 18 heavy (non-hydrogen) atoms.